The van der Waals surface area contributed by atoms with E-state index in [1.807, 2.05) is 53.4 Å². The number of halogens is 1. The minimum atomic E-state index is -0.190. The topological polar surface area (TPSA) is 72.2 Å². The molecule has 0 aliphatic carbocycles. The van der Waals surface area contributed by atoms with Gasteiger partial charge in [-0.1, -0.05) is 45.9 Å². The number of amides is 1. The largest absolute Gasteiger partial charge is 0.305 e. The number of carbonyl (C=O) groups is 1. The Morgan fingerprint density at radius 1 is 1.40 bits per heavy atom. The van der Waals surface area contributed by atoms with E-state index in [2.05, 4.69) is 36.7 Å². The molecule has 0 bridgehead atoms. The van der Waals surface area contributed by atoms with Crippen LogP contribution in [-0.4, -0.2) is 32.6 Å². The van der Waals surface area contributed by atoms with Crippen molar-refractivity contribution in [3.05, 3.63) is 51.1 Å². The number of aromatic nitrogens is 3. The number of thiophene rings is 1. The van der Waals surface area contributed by atoms with Crippen LogP contribution in [0.25, 0.3) is 11.4 Å². The standard InChI is InChI=1S/C16H14BrN5OS2/c1-22-15(11-4-2-5-12(17)8-11)20-21-16(22)25-10-14(23)19-18-9-13-6-3-7-24-13/h2-9H,10H2,1H3,(H,19,23)/b18-9-. The number of hydrogen-bond donors (Lipinski definition) is 1. The van der Waals surface area contributed by atoms with Gasteiger partial charge in [0, 0.05) is 22.0 Å². The lowest BCUT2D eigenvalue weighted by Crippen LogP contribution is -2.19. The van der Waals surface area contributed by atoms with Crippen LogP contribution in [0.15, 0.2) is 56.5 Å². The van der Waals surface area contributed by atoms with Crippen molar-refractivity contribution >= 4 is 51.2 Å². The van der Waals surface area contributed by atoms with Crippen LogP contribution < -0.4 is 5.43 Å². The second kappa shape index (κ2) is 8.41. The Kier molecular flexibility index (Phi) is 6.00. The first-order valence-electron chi connectivity index (χ1n) is 7.27. The molecule has 1 amide bonds. The minimum Gasteiger partial charge on any atom is -0.305 e. The summed E-state index contributed by atoms with van der Waals surface area (Å²) >= 11 is 6.33. The molecule has 1 N–H and O–H groups in total. The molecule has 128 valence electrons. The average molecular weight is 436 g/mol. The first-order chi connectivity index (χ1) is 12.1. The summed E-state index contributed by atoms with van der Waals surface area (Å²) in [6.07, 6.45) is 1.63. The van der Waals surface area contributed by atoms with Crippen LogP contribution in [-0.2, 0) is 11.8 Å². The fourth-order valence-electron chi connectivity index (χ4n) is 2.01. The van der Waals surface area contributed by atoms with E-state index >= 15 is 0 Å². The molecule has 2 heterocycles. The van der Waals surface area contributed by atoms with Gasteiger partial charge in [-0.2, -0.15) is 5.10 Å². The van der Waals surface area contributed by atoms with E-state index < -0.39 is 0 Å². The Morgan fingerprint density at radius 3 is 3.04 bits per heavy atom. The highest BCUT2D eigenvalue weighted by atomic mass is 79.9. The van der Waals surface area contributed by atoms with Gasteiger partial charge >= 0.3 is 0 Å². The molecule has 0 saturated heterocycles. The Morgan fingerprint density at radius 2 is 2.28 bits per heavy atom. The quantitative estimate of drug-likeness (QED) is 0.365. The van der Waals surface area contributed by atoms with Gasteiger partial charge in [0.15, 0.2) is 11.0 Å². The first kappa shape index (κ1) is 17.8. The van der Waals surface area contributed by atoms with Crippen LogP contribution >= 0.6 is 39.0 Å². The fraction of sp³-hybridized carbons (Fsp3) is 0.125. The molecule has 3 aromatic rings. The van der Waals surface area contributed by atoms with Gasteiger partial charge in [-0.15, -0.1) is 21.5 Å². The van der Waals surface area contributed by atoms with Crippen molar-refractivity contribution in [1.82, 2.24) is 20.2 Å². The predicted octanol–water partition coefficient (Wildman–Crippen LogP) is 3.55. The maximum Gasteiger partial charge on any atom is 0.250 e. The number of nitrogens with one attached hydrogen (secondary N) is 1. The van der Waals surface area contributed by atoms with Crippen LogP contribution in [0.2, 0.25) is 0 Å². The molecule has 3 rings (SSSR count). The van der Waals surface area contributed by atoms with Gasteiger partial charge < -0.3 is 4.57 Å². The third-order valence-electron chi connectivity index (χ3n) is 3.17. The first-order valence-corrected chi connectivity index (χ1v) is 9.93. The molecular formula is C16H14BrN5OS2. The molecule has 6 nitrogen and oxygen atoms in total. The number of hydrogen-bond acceptors (Lipinski definition) is 6. The maximum absolute atomic E-state index is 11.9. The summed E-state index contributed by atoms with van der Waals surface area (Å²) < 4.78 is 2.85. The van der Waals surface area contributed by atoms with Gasteiger partial charge in [-0.3, -0.25) is 4.79 Å². The molecule has 9 heteroatoms. The van der Waals surface area contributed by atoms with Crippen molar-refractivity contribution in [2.75, 3.05) is 5.75 Å². The van der Waals surface area contributed by atoms with Gasteiger partial charge in [-0.05, 0) is 23.6 Å². The normalized spacial score (nSPS) is 11.1. The predicted molar refractivity (Wildman–Crippen MR) is 105 cm³/mol. The minimum absolute atomic E-state index is 0.190. The van der Waals surface area contributed by atoms with E-state index in [1.165, 1.54) is 11.8 Å². The molecular weight excluding hydrogens is 422 g/mol. The number of carbonyl (C=O) groups excluding carboxylic acids is 1. The van der Waals surface area contributed by atoms with Crippen LogP contribution in [0.4, 0.5) is 0 Å². The molecule has 0 spiro atoms. The van der Waals surface area contributed by atoms with Crippen molar-refractivity contribution in [2.24, 2.45) is 12.1 Å². The summed E-state index contributed by atoms with van der Waals surface area (Å²) in [5.41, 5.74) is 3.47. The second-order valence-electron chi connectivity index (χ2n) is 4.97. The number of hydrazone groups is 1. The van der Waals surface area contributed by atoms with Gasteiger partial charge in [0.2, 0.25) is 0 Å². The number of nitrogens with zero attached hydrogens (tertiary/aromatic N) is 4. The van der Waals surface area contributed by atoms with Gasteiger partial charge in [-0.25, -0.2) is 5.43 Å². The monoisotopic (exact) mass is 435 g/mol. The van der Waals surface area contributed by atoms with Crippen molar-refractivity contribution in [3.8, 4) is 11.4 Å². The fourth-order valence-corrected chi connectivity index (χ4v) is 3.70. The number of rotatable bonds is 6. The van der Waals surface area contributed by atoms with Crippen molar-refractivity contribution in [2.45, 2.75) is 5.16 Å². The summed E-state index contributed by atoms with van der Waals surface area (Å²) in [4.78, 5) is 12.9. The third kappa shape index (κ3) is 4.77. The van der Waals surface area contributed by atoms with Crippen LogP contribution in [0.3, 0.4) is 0 Å². The zero-order chi connectivity index (χ0) is 17.6. The molecule has 0 aliphatic rings. The summed E-state index contributed by atoms with van der Waals surface area (Å²) in [6, 6.07) is 11.7. The Labute approximate surface area is 161 Å². The van der Waals surface area contributed by atoms with Crippen LogP contribution in [0.1, 0.15) is 4.88 Å². The molecule has 2 aromatic heterocycles. The summed E-state index contributed by atoms with van der Waals surface area (Å²) in [5, 5.41) is 14.9. The zero-order valence-electron chi connectivity index (χ0n) is 13.2. The molecule has 0 saturated carbocycles. The lowest BCUT2D eigenvalue weighted by Gasteiger charge is -2.04. The van der Waals surface area contributed by atoms with E-state index in [-0.39, 0.29) is 11.7 Å². The molecule has 1 aromatic carbocycles. The maximum atomic E-state index is 11.9. The SMILES string of the molecule is Cn1c(SCC(=O)N/N=C\c2cccs2)nnc1-c1cccc(Br)c1. The van der Waals surface area contributed by atoms with Crippen molar-refractivity contribution < 1.29 is 4.79 Å². The van der Waals surface area contributed by atoms with Crippen molar-refractivity contribution in [1.29, 1.82) is 0 Å². The van der Waals surface area contributed by atoms with Gasteiger partial charge in [0.05, 0.1) is 12.0 Å². The Balaban J connectivity index is 1.57. The lowest BCUT2D eigenvalue weighted by molar-refractivity contribution is -0.118. The molecule has 0 aliphatic heterocycles. The highest BCUT2D eigenvalue weighted by molar-refractivity contribution is 9.10. The summed E-state index contributed by atoms with van der Waals surface area (Å²) in [5.74, 6) is 0.774. The number of benzene rings is 1. The van der Waals surface area contributed by atoms with Gasteiger partial charge in [0.25, 0.3) is 5.91 Å². The van der Waals surface area contributed by atoms with Crippen LogP contribution in [0, 0.1) is 0 Å². The van der Waals surface area contributed by atoms with E-state index in [0.717, 1.165) is 20.7 Å². The van der Waals surface area contributed by atoms with E-state index in [1.54, 1.807) is 17.6 Å². The van der Waals surface area contributed by atoms with Gasteiger partial charge in [0.1, 0.15) is 0 Å². The Bertz CT molecular complexity index is 892. The Hall–Kier alpha value is -1.97. The smallest absolute Gasteiger partial charge is 0.250 e. The molecule has 25 heavy (non-hydrogen) atoms. The van der Waals surface area contributed by atoms with E-state index in [4.69, 9.17) is 0 Å². The average Bonchev–Trinajstić information content (AvgIpc) is 3.23. The zero-order valence-corrected chi connectivity index (χ0v) is 16.4. The third-order valence-corrected chi connectivity index (χ3v) is 5.49. The highest BCUT2D eigenvalue weighted by Crippen LogP contribution is 2.24. The van der Waals surface area contributed by atoms with Crippen molar-refractivity contribution in [3.63, 3.8) is 0 Å². The van der Waals surface area contributed by atoms with E-state index in [0.29, 0.717) is 5.16 Å². The van der Waals surface area contributed by atoms with Crippen LogP contribution in [0.5, 0.6) is 0 Å². The van der Waals surface area contributed by atoms with E-state index in [9.17, 15) is 4.79 Å². The lowest BCUT2D eigenvalue weighted by atomic mass is 10.2. The highest BCUT2D eigenvalue weighted by Gasteiger charge is 2.12. The summed E-state index contributed by atoms with van der Waals surface area (Å²) in [6.45, 7) is 0. The molecule has 0 unspecified atom stereocenters. The molecule has 0 radical (unpaired) electrons. The summed E-state index contributed by atoms with van der Waals surface area (Å²) in [7, 11) is 1.88. The molecule has 0 fully saturated rings. The molecule has 0 atom stereocenters. The second-order valence-corrected chi connectivity index (χ2v) is 7.81. The number of thioether (sulfide) groups is 1.